The minimum Gasteiger partial charge on any atom is -0.489 e. The molecule has 1 atom stereocenters. The summed E-state index contributed by atoms with van der Waals surface area (Å²) in [5.41, 5.74) is 9.35. The second-order valence-corrected chi connectivity index (χ2v) is 4.78. The van der Waals surface area contributed by atoms with Gasteiger partial charge in [0.15, 0.2) is 0 Å². The fraction of sp³-hybridized carbons (Fsp3) is 0.250. The number of ether oxygens (including phenoxy) is 1. The van der Waals surface area contributed by atoms with E-state index in [-0.39, 0.29) is 6.04 Å². The number of hydrogen-bond acceptors (Lipinski definition) is 4. The molecule has 0 aliphatic carbocycles. The minimum absolute atomic E-state index is 0.0855. The first-order valence-corrected chi connectivity index (χ1v) is 6.44. The Morgan fingerprint density at radius 2 is 2.15 bits per heavy atom. The maximum atomic E-state index is 8.83. The van der Waals surface area contributed by atoms with E-state index >= 15 is 0 Å². The number of aromatic nitrogens is 1. The summed E-state index contributed by atoms with van der Waals surface area (Å²) in [4.78, 5) is 3.94. The van der Waals surface area contributed by atoms with Gasteiger partial charge in [-0.3, -0.25) is 0 Å². The maximum Gasteiger partial charge on any atom is 0.140 e. The zero-order chi connectivity index (χ0) is 14.5. The molecular weight excluding hydrogens is 250 g/mol. The predicted molar refractivity (Wildman–Crippen MR) is 77.1 cm³/mol. The molecule has 1 aromatic carbocycles. The van der Waals surface area contributed by atoms with Gasteiger partial charge in [-0.1, -0.05) is 12.1 Å². The molecule has 4 heteroatoms. The van der Waals surface area contributed by atoms with Crippen LogP contribution < -0.4 is 10.5 Å². The zero-order valence-corrected chi connectivity index (χ0v) is 11.6. The lowest BCUT2D eigenvalue weighted by Gasteiger charge is -2.15. The number of nitrogens with zero attached hydrogens (tertiary/aromatic N) is 2. The van der Waals surface area contributed by atoms with Crippen LogP contribution in [0.3, 0.4) is 0 Å². The van der Waals surface area contributed by atoms with Gasteiger partial charge in [0.25, 0.3) is 0 Å². The first-order valence-electron chi connectivity index (χ1n) is 6.44. The van der Waals surface area contributed by atoms with Crippen molar-refractivity contribution in [3.8, 4) is 11.8 Å². The van der Waals surface area contributed by atoms with Crippen molar-refractivity contribution < 1.29 is 4.74 Å². The van der Waals surface area contributed by atoms with Gasteiger partial charge in [-0.15, -0.1) is 0 Å². The molecule has 0 amide bonds. The molecule has 2 rings (SSSR count). The number of aryl methyl sites for hydroxylation is 1. The van der Waals surface area contributed by atoms with E-state index in [1.165, 1.54) is 0 Å². The smallest absolute Gasteiger partial charge is 0.140 e. The van der Waals surface area contributed by atoms with Crippen LogP contribution in [-0.2, 0) is 6.61 Å². The highest BCUT2D eigenvalue weighted by molar-refractivity contribution is 5.39. The molecule has 0 unspecified atom stereocenters. The summed E-state index contributed by atoms with van der Waals surface area (Å²) in [6.45, 7) is 4.33. The Labute approximate surface area is 118 Å². The molecule has 20 heavy (non-hydrogen) atoms. The van der Waals surface area contributed by atoms with Crippen molar-refractivity contribution in [3.05, 3.63) is 58.9 Å². The van der Waals surface area contributed by atoms with Crippen molar-refractivity contribution in [3.63, 3.8) is 0 Å². The fourth-order valence-electron chi connectivity index (χ4n) is 1.93. The number of hydrogen-bond donors (Lipinski definition) is 1. The van der Waals surface area contributed by atoms with E-state index in [1.807, 2.05) is 44.2 Å². The van der Waals surface area contributed by atoms with Gasteiger partial charge >= 0.3 is 0 Å². The highest BCUT2D eigenvalue weighted by atomic mass is 16.5. The van der Waals surface area contributed by atoms with Gasteiger partial charge in [-0.05, 0) is 43.2 Å². The molecule has 2 N–H and O–H groups in total. The Balaban J connectivity index is 2.18. The monoisotopic (exact) mass is 267 g/mol. The summed E-state index contributed by atoms with van der Waals surface area (Å²) < 4.78 is 5.85. The van der Waals surface area contributed by atoms with Crippen molar-refractivity contribution in [2.24, 2.45) is 5.73 Å². The lowest BCUT2D eigenvalue weighted by atomic mass is 10.1. The van der Waals surface area contributed by atoms with Crippen LogP contribution in [0.15, 0.2) is 36.5 Å². The summed E-state index contributed by atoms with van der Waals surface area (Å²) in [7, 11) is 0. The van der Waals surface area contributed by atoms with Gasteiger partial charge in [0.1, 0.15) is 24.1 Å². The number of nitrogens with two attached hydrogens (primary N) is 1. The van der Waals surface area contributed by atoms with Crippen LogP contribution in [0.1, 0.15) is 35.3 Å². The van der Waals surface area contributed by atoms with E-state index in [4.69, 9.17) is 15.7 Å². The van der Waals surface area contributed by atoms with Crippen LogP contribution in [0, 0.1) is 18.3 Å². The van der Waals surface area contributed by atoms with Gasteiger partial charge in [-0.2, -0.15) is 5.26 Å². The Bertz CT molecular complexity index is 644. The number of nitriles is 1. The summed E-state index contributed by atoms with van der Waals surface area (Å²) in [6.07, 6.45) is 1.61. The average Bonchev–Trinajstić information content (AvgIpc) is 2.45. The normalized spacial score (nSPS) is 11.7. The summed E-state index contributed by atoms with van der Waals surface area (Å²) in [5.74, 6) is 0.787. The first-order chi connectivity index (χ1) is 9.60. The molecule has 0 aliphatic rings. The molecule has 0 spiro atoms. The second kappa shape index (κ2) is 6.18. The number of rotatable bonds is 4. The lowest BCUT2D eigenvalue weighted by molar-refractivity contribution is 0.301. The largest absolute Gasteiger partial charge is 0.489 e. The van der Waals surface area contributed by atoms with Gasteiger partial charge in [0.2, 0.25) is 0 Å². The molecule has 0 radical (unpaired) electrons. The third-order valence-electron chi connectivity index (χ3n) is 2.99. The molecule has 1 heterocycles. The van der Waals surface area contributed by atoms with Crippen LogP contribution in [-0.4, -0.2) is 4.98 Å². The van der Waals surface area contributed by atoms with Crippen LogP contribution in [0.2, 0.25) is 0 Å². The van der Waals surface area contributed by atoms with Gasteiger partial charge in [0.05, 0.1) is 0 Å². The molecule has 0 saturated heterocycles. The Hall–Kier alpha value is -2.38. The van der Waals surface area contributed by atoms with Gasteiger partial charge in [0, 0.05) is 17.8 Å². The summed E-state index contributed by atoms with van der Waals surface area (Å²) in [6, 6.07) is 11.5. The van der Waals surface area contributed by atoms with E-state index in [0.717, 1.165) is 22.4 Å². The SMILES string of the molecule is Cc1ccc([C@H](C)N)c(OCc2ccnc(C#N)c2)c1. The third-order valence-corrected chi connectivity index (χ3v) is 2.99. The van der Waals surface area contributed by atoms with Crippen LogP contribution >= 0.6 is 0 Å². The third kappa shape index (κ3) is 3.34. The molecule has 1 aromatic heterocycles. The van der Waals surface area contributed by atoms with Crippen molar-refractivity contribution in [2.75, 3.05) is 0 Å². The quantitative estimate of drug-likeness (QED) is 0.924. The van der Waals surface area contributed by atoms with E-state index in [1.54, 1.807) is 12.3 Å². The van der Waals surface area contributed by atoms with Crippen molar-refractivity contribution in [2.45, 2.75) is 26.5 Å². The standard InChI is InChI=1S/C16H17N3O/c1-11-3-4-15(12(2)18)16(7-11)20-10-13-5-6-19-14(8-13)9-17/h3-8,12H,10,18H2,1-2H3/t12-/m0/s1. The van der Waals surface area contributed by atoms with E-state index in [0.29, 0.717) is 12.3 Å². The van der Waals surface area contributed by atoms with Crippen LogP contribution in [0.4, 0.5) is 0 Å². The predicted octanol–water partition coefficient (Wildman–Crippen LogP) is 2.86. The molecule has 0 bridgehead atoms. The van der Waals surface area contributed by atoms with Crippen LogP contribution in [0.5, 0.6) is 5.75 Å². The number of pyridine rings is 1. The number of benzene rings is 1. The summed E-state index contributed by atoms with van der Waals surface area (Å²) >= 11 is 0. The van der Waals surface area contributed by atoms with Crippen molar-refractivity contribution >= 4 is 0 Å². The molecule has 0 fully saturated rings. The highest BCUT2D eigenvalue weighted by Gasteiger charge is 2.08. The maximum absolute atomic E-state index is 8.83. The van der Waals surface area contributed by atoms with Crippen LogP contribution in [0.25, 0.3) is 0 Å². The van der Waals surface area contributed by atoms with Crippen molar-refractivity contribution in [1.29, 1.82) is 5.26 Å². The minimum atomic E-state index is -0.0855. The van der Waals surface area contributed by atoms with E-state index < -0.39 is 0 Å². The topological polar surface area (TPSA) is 71.9 Å². The lowest BCUT2D eigenvalue weighted by Crippen LogP contribution is -2.08. The Kier molecular flexibility index (Phi) is 4.34. The Morgan fingerprint density at radius 3 is 2.85 bits per heavy atom. The molecule has 0 saturated carbocycles. The molecule has 4 nitrogen and oxygen atoms in total. The van der Waals surface area contributed by atoms with E-state index in [2.05, 4.69) is 4.98 Å². The van der Waals surface area contributed by atoms with E-state index in [9.17, 15) is 0 Å². The van der Waals surface area contributed by atoms with Gasteiger partial charge < -0.3 is 10.5 Å². The first kappa shape index (κ1) is 14.0. The average molecular weight is 267 g/mol. The summed E-state index contributed by atoms with van der Waals surface area (Å²) in [5, 5.41) is 8.83. The second-order valence-electron chi connectivity index (χ2n) is 4.78. The molecular formula is C16H17N3O. The molecule has 102 valence electrons. The molecule has 2 aromatic rings. The molecule has 0 aliphatic heterocycles. The Morgan fingerprint density at radius 1 is 1.35 bits per heavy atom. The zero-order valence-electron chi connectivity index (χ0n) is 11.6. The fourth-order valence-corrected chi connectivity index (χ4v) is 1.93. The highest BCUT2D eigenvalue weighted by Crippen LogP contribution is 2.26. The van der Waals surface area contributed by atoms with Crippen molar-refractivity contribution in [1.82, 2.24) is 4.98 Å². The van der Waals surface area contributed by atoms with Gasteiger partial charge in [-0.25, -0.2) is 4.98 Å².